The van der Waals surface area contributed by atoms with E-state index in [2.05, 4.69) is 20.5 Å². The second kappa shape index (κ2) is 1.71. The van der Waals surface area contributed by atoms with Crippen LogP contribution in [0.4, 0.5) is 5.82 Å². The van der Waals surface area contributed by atoms with Crippen molar-refractivity contribution in [1.82, 2.24) is 15.2 Å². The number of anilines is 1. The molecule has 6 nitrogen and oxygen atoms in total. The van der Waals surface area contributed by atoms with Gasteiger partial charge in [-0.15, -0.1) is 10.3 Å². The van der Waals surface area contributed by atoms with Crippen LogP contribution >= 0.6 is 0 Å². The molecule has 0 saturated heterocycles. The minimum Gasteiger partial charge on any atom is -0.342 e. The van der Waals surface area contributed by atoms with Crippen molar-refractivity contribution in [2.24, 2.45) is 10.9 Å². The third kappa shape index (κ3) is 0.627. The maximum absolute atomic E-state index is 5.28. The summed E-state index contributed by atoms with van der Waals surface area (Å²) in [6, 6.07) is 0. The summed E-state index contributed by atoms with van der Waals surface area (Å²) >= 11 is 0. The van der Waals surface area contributed by atoms with E-state index >= 15 is 0 Å². The molecular weight excluding hydrogens is 132 g/mol. The topological polar surface area (TPSA) is 82.3 Å². The quantitative estimate of drug-likeness (QED) is 0.412. The van der Waals surface area contributed by atoms with Crippen molar-refractivity contribution in [3.63, 3.8) is 0 Å². The first-order valence-electron chi connectivity index (χ1n) is 2.75. The first-order valence-corrected chi connectivity index (χ1v) is 2.75. The largest absolute Gasteiger partial charge is 0.342 e. The van der Waals surface area contributed by atoms with E-state index in [9.17, 15) is 0 Å². The maximum atomic E-state index is 5.28. The molecule has 52 valence electrons. The lowest BCUT2D eigenvalue weighted by atomic mass is 10.5. The summed E-state index contributed by atoms with van der Waals surface area (Å²) in [5.41, 5.74) is 3.55. The van der Waals surface area contributed by atoms with Crippen LogP contribution in [0.3, 0.4) is 0 Å². The summed E-state index contributed by atoms with van der Waals surface area (Å²) < 4.78 is 0. The number of hydrazine groups is 2. The Kier molecular flexibility index (Phi) is 0.896. The molecule has 1 aromatic rings. The molecule has 0 radical (unpaired) electrons. The highest BCUT2D eigenvalue weighted by atomic mass is 15.8. The van der Waals surface area contributed by atoms with Gasteiger partial charge in [0.15, 0.2) is 5.82 Å². The molecular formula is C4H6N6. The second-order valence-electron chi connectivity index (χ2n) is 1.87. The van der Waals surface area contributed by atoms with Gasteiger partial charge in [0, 0.05) is 0 Å². The zero-order chi connectivity index (χ0) is 6.97. The van der Waals surface area contributed by atoms with Crippen molar-refractivity contribution < 1.29 is 0 Å². The maximum Gasteiger partial charge on any atom is 0.174 e. The number of H-pyrrole nitrogens is 1. The minimum absolute atomic E-state index is 0.692. The van der Waals surface area contributed by atoms with Crippen molar-refractivity contribution in [2.45, 2.75) is 0 Å². The second-order valence-corrected chi connectivity index (χ2v) is 1.87. The molecule has 0 bridgehead atoms. The first kappa shape index (κ1) is 5.24. The molecule has 1 aliphatic heterocycles. The fraction of sp³-hybridized carbons (Fsp3) is 0. The number of imidazole rings is 1. The fourth-order valence-corrected chi connectivity index (χ4v) is 0.749. The Morgan fingerprint density at radius 2 is 2.50 bits per heavy atom. The molecule has 10 heavy (non-hydrogen) atoms. The molecule has 4 N–H and O–H groups in total. The lowest BCUT2D eigenvalue weighted by Gasteiger charge is -2.16. The predicted molar refractivity (Wildman–Crippen MR) is 35.8 cm³/mol. The van der Waals surface area contributed by atoms with Gasteiger partial charge in [-0.25, -0.2) is 16.3 Å². The lowest BCUT2D eigenvalue weighted by Crippen LogP contribution is -2.34. The molecule has 1 aromatic heterocycles. The van der Waals surface area contributed by atoms with Crippen LogP contribution in [-0.4, -0.2) is 21.4 Å². The Morgan fingerprint density at radius 3 is 3.40 bits per heavy atom. The highest BCUT2D eigenvalue weighted by Gasteiger charge is 2.08. The zero-order valence-electron chi connectivity index (χ0n) is 5.07. The number of hydrogen-bond acceptors (Lipinski definition) is 5. The molecule has 6 heteroatoms. The Hall–Kier alpha value is -1.56. The van der Waals surface area contributed by atoms with Crippen LogP contribution in [-0.2, 0) is 0 Å². The van der Waals surface area contributed by atoms with Gasteiger partial charge >= 0.3 is 0 Å². The molecule has 2 rings (SSSR count). The van der Waals surface area contributed by atoms with Crippen LogP contribution in [0.25, 0.3) is 0 Å². The summed E-state index contributed by atoms with van der Waals surface area (Å²) in [6.07, 6.45) is 3.17. The average molecular weight is 138 g/mol. The number of nitrogens with zero attached hydrogens (tertiary/aromatic N) is 3. The van der Waals surface area contributed by atoms with Crippen molar-refractivity contribution in [1.29, 1.82) is 0 Å². The van der Waals surface area contributed by atoms with Crippen LogP contribution in [0.15, 0.2) is 11.4 Å². The fourth-order valence-electron chi connectivity index (χ4n) is 0.749. The number of fused-ring (bicyclic) bond motifs is 1. The Balaban J connectivity index is 2.43. The predicted octanol–water partition coefficient (Wildman–Crippen LogP) is -0.740. The van der Waals surface area contributed by atoms with Crippen LogP contribution in [0.5, 0.6) is 0 Å². The van der Waals surface area contributed by atoms with Crippen LogP contribution in [0, 0.1) is 0 Å². The summed E-state index contributed by atoms with van der Waals surface area (Å²) in [6.45, 7) is 0. The number of aromatic amines is 1. The normalized spacial score (nSPS) is 14.7. The van der Waals surface area contributed by atoms with Gasteiger partial charge in [-0.3, -0.25) is 0 Å². The van der Waals surface area contributed by atoms with E-state index in [-0.39, 0.29) is 0 Å². The Labute approximate surface area is 56.7 Å². The molecule has 0 unspecified atom stereocenters. The highest BCUT2D eigenvalue weighted by molar-refractivity contribution is 5.84. The molecule has 0 aromatic carbocycles. The van der Waals surface area contributed by atoms with Crippen LogP contribution < -0.4 is 11.3 Å². The summed E-state index contributed by atoms with van der Waals surface area (Å²) in [7, 11) is 0. The number of nitrogens with one attached hydrogen (secondary N) is 2. The molecule has 0 saturated carbocycles. The minimum atomic E-state index is 0.692. The number of rotatable bonds is 0. The van der Waals surface area contributed by atoms with Gasteiger partial charge in [0.25, 0.3) is 0 Å². The summed E-state index contributed by atoms with van der Waals surface area (Å²) in [4.78, 5) is 6.80. The monoisotopic (exact) mass is 138 g/mol. The van der Waals surface area contributed by atoms with Gasteiger partial charge in [-0.1, -0.05) is 0 Å². The first-order chi connectivity index (χ1) is 4.86. The van der Waals surface area contributed by atoms with E-state index < -0.39 is 0 Å². The smallest absolute Gasteiger partial charge is 0.174 e. The average Bonchev–Trinajstić information content (AvgIpc) is 2.33. The molecule has 0 amide bonds. The number of nitrogens with two attached hydrogens (primary N) is 1. The van der Waals surface area contributed by atoms with Crippen molar-refractivity contribution in [2.75, 3.05) is 5.43 Å². The number of hydrazone groups is 1. The van der Waals surface area contributed by atoms with E-state index in [0.717, 1.165) is 10.9 Å². The molecule has 0 atom stereocenters. The summed E-state index contributed by atoms with van der Waals surface area (Å²) in [5.74, 6) is 5.97. The van der Waals surface area contributed by atoms with E-state index in [4.69, 9.17) is 5.84 Å². The van der Waals surface area contributed by atoms with E-state index in [1.165, 1.54) is 0 Å². The molecule has 0 aliphatic carbocycles. The Bertz CT molecular complexity index is 262. The van der Waals surface area contributed by atoms with E-state index in [1.807, 2.05) is 0 Å². The third-order valence-corrected chi connectivity index (χ3v) is 1.20. The number of hydrogen-bond donors (Lipinski definition) is 3. The number of aromatic nitrogens is 2. The molecule has 0 spiro atoms. The highest BCUT2D eigenvalue weighted by Crippen LogP contribution is 2.09. The zero-order valence-corrected chi connectivity index (χ0v) is 5.07. The molecule has 1 aliphatic rings. The van der Waals surface area contributed by atoms with Gasteiger partial charge in [0.05, 0.1) is 12.5 Å². The van der Waals surface area contributed by atoms with Gasteiger partial charge in [-0.2, -0.15) is 0 Å². The summed E-state index contributed by atoms with van der Waals surface area (Å²) in [5, 5.41) is 4.85. The van der Waals surface area contributed by atoms with Gasteiger partial charge in [-0.05, 0) is 0 Å². The Morgan fingerprint density at radius 1 is 1.60 bits per heavy atom. The van der Waals surface area contributed by atoms with Gasteiger partial charge in [0.1, 0.15) is 5.69 Å². The van der Waals surface area contributed by atoms with E-state index in [0.29, 0.717) is 5.82 Å². The van der Waals surface area contributed by atoms with Crippen molar-refractivity contribution >= 4 is 12.0 Å². The standard InChI is InChI=1S/C4H6N6/c5-10-8-1-3-4(9-10)7-2-6-3/h1-2,9H,5H2,(H,6,7). The van der Waals surface area contributed by atoms with Crippen LogP contribution in [0.2, 0.25) is 0 Å². The molecule has 0 fully saturated rings. The van der Waals surface area contributed by atoms with E-state index in [1.54, 1.807) is 12.5 Å². The third-order valence-electron chi connectivity index (χ3n) is 1.20. The van der Waals surface area contributed by atoms with Gasteiger partial charge < -0.3 is 4.98 Å². The SMILES string of the molecule is NN1N=Cc2[nH]cnc2N1. The molecule has 2 heterocycles. The van der Waals surface area contributed by atoms with Crippen molar-refractivity contribution in [3.05, 3.63) is 12.0 Å². The van der Waals surface area contributed by atoms with Crippen molar-refractivity contribution in [3.8, 4) is 0 Å². The lowest BCUT2D eigenvalue weighted by molar-refractivity contribution is 0.362. The van der Waals surface area contributed by atoms with Gasteiger partial charge in [0.2, 0.25) is 0 Å². The van der Waals surface area contributed by atoms with Crippen LogP contribution in [0.1, 0.15) is 5.69 Å².